The van der Waals surface area contributed by atoms with Gasteiger partial charge >= 0.3 is 0 Å². The number of hydrogen-bond acceptors (Lipinski definition) is 5. The summed E-state index contributed by atoms with van der Waals surface area (Å²) in [6.07, 6.45) is 3.96. The Bertz CT molecular complexity index is 860. The Morgan fingerprint density at radius 3 is 2.56 bits per heavy atom. The van der Waals surface area contributed by atoms with Crippen LogP contribution in [-0.4, -0.2) is 69.0 Å². The Hall–Kier alpha value is -2.22. The van der Waals surface area contributed by atoms with Crippen LogP contribution in [0.2, 0.25) is 0 Å². The molecule has 0 atom stereocenters. The van der Waals surface area contributed by atoms with Crippen LogP contribution in [0.25, 0.3) is 17.5 Å². The van der Waals surface area contributed by atoms with E-state index in [0.29, 0.717) is 12.2 Å². The first-order chi connectivity index (χ1) is 13.0. The van der Waals surface area contributed by atoms with E-state index in [1.807, 2.05) is 36.8 Å². The zero-order valence-corrected chi connectivity index (χ0v) is 16.4. The maximum atomic E-state index is 12.3. The van der Waals surface area contributed by atoms with E-state index < -0.39 is 0 Å². The van der Waals surface area contributed by atoms with Gasteiger partial charge in [-0.25, -0.2) is 4.68 Å². The van der Waals surface area contributed by atoms with Gasteiger partial charge in [-0.1, -0.05) is 6.08 Å². The number of nitrogens with zero attached hydrogens (tertiary/aromatic N) is 5. The molecular formula is C20H29N5O2. The minimum atomic E-state index is -0.0960. The predicted octanol–water partition coefficient (Wildman–Crippen LogP) is 1.02. The maximum Gasteiger partial charge on any atom is 0.266 e. The largest absolute Gasteiger partial charge is 0.392 e. The lowest BCUT2D eigenvalue weighted by Gasteiger charge is -2.32. The summed E-state index contributed by atoms with van der Waals surface area (Å²) in [5.41, 5.74) is 3.26. The Labute approximate surface area is 160 Å². The molecule has 3 heterocycles. The van der Waals surface area contributed by atoms with Crippen LogP contribution in [0.15, 0.2) is 29.1 Å². The van der Waals surface area contributed by atoms with Gasteiger partial charge in [0.15, 0.2) is 0 Å². The molecule has 2 aromatic rings. The highest BCUT2D eigenvalue weighted by Gasteiger charge is 2.16. The third kappa shape index (κ3) is 4.37. The Morgan fingerprint density at radius 1 is 1.15 bits per heavy atom. The van der Waals surface area contributed by atoms with E-state index >= 15 is 0 Å². The molecule has 0 aliphatic carbocycles. The summed E-state index contributed by atoms with van der Waals surface area (Å²) >= 11 is 0. The fraction of sp³-hybridized carbons (Fsp3) is 0.500. The third-order valence-electron chi connectivity index (χ3n) is 5.19. The third-order valence-corrected chi connectivity index (χ3v) is 5.19. The standard InChI is InChI=1S/C20H29N5O2/c1-4-5-17-14-16(15-26)20(23(17)3)18-6-7-19(27)25(21-18)13-12-24-10-8-22(2)9-11-24/h4-7,14,26H,8-13,15H2,1-3H3/b5-4-. The molecule has 146 valence electrons. The van der Waals surface area contributed by atoms with Crippen molar-refractivity contribution in [2.45, 2.75) is 20.1 Å². The number of allylic oxidation sites excluding steroid dienone is 1. The lowest BCUT2D eigenvalue weighted by Crippen LogP contribution is -2.46. The van der Waals surface area contributed by atoms with Crippen molar-refractivity contribution in [3.8, 4) is 11.4 Å². The van der Waals surface area contributed by atoms with E-state index in [0.717, 1.165) is 49.7 Å². The molecule has 0 amide bonds. The molecule has 0 radical (unpaired) electrons. The molecule has 1 saturated heterocycles. The second kappa shape index (κ2) is 8.65. The Kier molecular flexibility index (Phi) is 6.26. The first-order valence-corrected chi connectivity index (χ1v) is 9.45. The zero-order valence-electron chi connectivity index (χ0n) is 16.4. The smallest absolute Gasteiger partial charge is 0.266 e. The first-order valence-electron chi connectivity index (χ1n) is 9.45. The minimum Gasteiger partial charge on any atom is -0.392 e. The molecule has 7 nitrogen and oxygen atoms in total. The zero-order chi connectivity index (χ0) is 19.4. The van der Waals surface area contributed by atoms with Gasteiger partial charge in [-0.15, -0.1) is 0 Å². The molecule has 1 N–H and O–H groups in total. The van der Waals surface area contributed by atoms with Gasteiger partial charge in [-0.3, -0.25) is 9.69 Å². The normalized spacial score (nSPS) is 16.4. The summed E-state index contributed by atoms with van der Waals surface area (Å²) in [7, 11) is 4.08. The molecule has 0 saturated carbocycles. The van der Waals surface area contributed by atoms with Crippen molar-refractivity contribution < 1.29 is 5.11 Å². The number of aliphatic hydroxyl groups excluding tert-OH is 1. The van der Waals surface area contributed by atoms with Crippen molar-refractivity contribution in [3.63, 3.8) is 0 Å². The van der Waals surface area contributed by atoms with E-state index in [1.54, 1.807) is 12.1 Å². The summed E-state index contributed by atoms with van der Waals surface area (Å²) in [6.45, 7) is 7.42. The summed E-state index contributed by atoms with van der Waals surface area (Å²) < 4.78 is 3.54. The topological polar surface area (TPSA) is 66.5 Å². The van der Waals surface area contributed by atoms with Crippen LogP contribution < -0.4 is 5.56 Å². The molecule has 7 heteroatoms. The average molecular weight is 371 g/mol. The molecule has 0 spiro atoms. The van der Waals surface area contributed by atoms with Crippen LogP contribution in [0.4, 0.5) is 0 Å². The van der Waals surface area contributed by atoms with Gasteiger partial charge in [0.2, 0.25) is 0 Å². The molecule has 0 bridgehead atoms. The highest BCUT2D eigenvalue weighted by atomic mass is 16.3. The summed E-state index contributed by atoms with van der Waals surface area (Å²) in [6, 6.07) is 5.26. The van der Waals surface area contributed by atoms with Gasteiger partial charge < -0.3 is 14.6 Å². The van der Waals surface area contributed by atoms with E-state index in [-0.39, 0.29) is 12.2 Å². The lowest BCUT2D eigenvalue weighted by atomic mass is 10.2. The molecule has 1 aliphatic rings. The van der Waals surface area contributed by atoms with E-state index in [4.69, 9.17) is 0 Å². The molecule has 27 heavy (non-hydrogen) atoms. The average Bonchev–Trinajstić information content (AvgIpc) is 2.98. The number of rotatable bonds is 6. The molecule has 0 unspecified atom stereocenters. The number of likely N-dealkylation sites (N-methyl/N-ethyl adjacent to an activating group) is 1. The van der Waals surface area contributed by atoms with E-state index in [1.165, 1.54) is 4.68 Å². The number of piperazine rings is 1. The van der Waals surface area contributed by atoms with Crippen LogP contribution in [0, 0.1) is 0 Å². The van der Waals surface area contributed by atoms with Crippen molar-refractivity contribution >= 4 is 6.08 Å². The van der Waals surface area contributed by atoms with Gasteiger partial charge in [-0.05, 0) is 32.2 Å². The monoisotopic (exact) mass is 371 g/mol. The van der Waals surface area contributed by atoms with Crippen LogP contribution in [0.3, 0.4) is 0 Å². The second-order valence-corrected chi connectivity index (χ2v) is 7.09. The quantitative estimate of drug-likeness (QED) is 0.821. The fourth-order valence-corrected chi connectivity index (χ4v) is 3.52. The maximum absolute atomic E-state index is 12.3. The Morgan fingerprint density at radius 2 is 1.89 bits per heavy atom. The molecular weight excluding hydrogens is 342 g/mol. The molecule has 2 aromatic heterocycles. The van der Waals surface area contributed by atoms with Gasteiger partial charge in [0.1, 0.15) is 5.69 Å². The lowest BCUT2D eigenvalue weighted by molar-refractivity contribution is 0.148. The van der Waals surface area contributed by atoms with Crippen molar-refractivity contribution in [2.24, 2.45) is 7.05 Å². The number of hydrogen-bond donors (Lipinski definition) is 1. The summed E-state index contributed by atoms with van der Waals surface area (Å²) in [4.78, 5) is 17.0. The van der Waals surface area contributed by atoms with Crippen molar-refractivity contribution in [1.82, 2.24) is 24.1 Å². The van der Waals surface area contributed by atoms with Crippen molar-refractivity contribution in [1.29, 1.82) is 0 Å². The molecule has 1 fully saturated rings. The summed E-state index contributed by atoms with van der Waals surface area (Å²) in [5, 5.41) is 14.4. The van der Waals surface area contributed by atoms with Crippen LogP contribution in [0.5, 0.6) is 0 Å². The SMILES string of the molecule is C/C=C\c1cc(CO)c(-c2ccc(=O)n(CCN3CCN(C)CC3)n2)n1C. The van der Waals surface area contributed by atoms with Gasteiger partial charge in [0, 0.05) is 57.1 Å². The Balaban J connectivity index is 1.84. The number of aromatic nitrogens is 3. The van der Waals surface area contributed by atoms with Crippen LogP contribution >= 0.6 is 0 Å². The van der Waals surface area contributed by atoms with Gasteiger partial charge in [-0.2, -0.15) is 5.10 Å². The van der Waals surface area contributed by atoms with Crippen molar-refractivity contribution in [3.05, 3.63) is 45.9 Å². The molecule has 1 aliphatic heterocycles. The van der Waals surface area contributed by atoms with E-state index in [2.05, 4.69) is 21.9 Å². The van der Waals surface area contributed by atoms with Crippen LogP contribution in [-0.2, 0) is 20.2 Å². The van der Waals surface area contributed by atoms with Gasteiger partial charge in [0.25, 0.3) is 5.56 Å². The highest BCUT2D eigenvalue weighted by Crippen LogP contribution is 2.25. The first kappa shape index (κ1) is 19.5. The highest BCUT2D eigenvalue weighted by molar-refractivity contribution is 5.65. The van der Waals surface area contributed by atoms with Crippen LogP contribution in [0.1, 0.15) is 18.2 Å². The van der Waals surface area contributed by atoms with Gasteiger partial charge in [0.05, 0.1) is 18.8 Å². The molecule has 3 rings (SSSR count). The number of aliphatic hydroxyl groups is 1. The second-order valence-electron chi connectivity index (χ2n) is 7.09. The fourth-order valence-electron chi connectivity index (χ4n) is 3.52. The predicted molar refractivity (Wildman–Crippen MR) is 107 cm³/mol. The molecule has 0 aromatic carbocycles. The summed E-state index contributed by atoms with van der Waals surface area (Å²) in [5.74, 6) is 0. The minimum absolute atomic E-state index is 0.0666. The van der Waals surface area contributed by atoms with Crippen molar-refractivity contribution in [2.75, 3.05) is 39.8 Å². The van der Waals surface area contributed by atoms with E-state index in [9.17, 15) is 9.90 Å².